The van der Waals surface area contributed by atoms with Crippen molar-refractivity contribution in [1.82, 2.24) is 10.6 Å². The van der Waals surface area contributed by atoms with E-state index in [2.05, 4.69) is 15.6 Å². The zero-order chi connectivity index (χ0) is 18.6. The van der Waals surface area contributed by atoms with Crippen LogP contribution in [0.3, 0.4) is 0 Å². The topological polar surface area (TPSA) is 72.0 Å². The first kappa shape index (κ1) is 21.0. The first-order valence-corrected chi connectivity index (χ1v) is 10.5. The fourth-order valence-corrected chi connectivity index (χ4v) is 3.93. The van der Waals surface area contributed by atoms with Crippen molar-refractivity contribution in [3.05, 3.63) is 0 Å². The van der Waals surface area contributed by atoms with Crippen molar-refractivity contribution in [3.63, 3.8) is 0 Å². The maximum Gasteiger partial charge on any atom is 0.308 e. The Morgan fingerprint density at radius 2 is 1.73 bits per heavy atom. The van der Waals surface area contributed by atoms with Crippen LogP contribution in [0.4, 0.5) is 0 Å². The van der Waals surface area contributed by atoms with Crippen LogP contribution in [0.5, 0.6) is 0 Å². The van der Waals surface area contributed by atoms with Crippen LogP contribution in [-0.4, -0.2) is 50.9 Å². The molecule has 2 rings (SSSR count). The SMILES string of the molecule is CCOC(=O)C1CCC(NC(=NC)NCCOC2CCCCCC2)CC1. The van der Waals surface area contributed by atoms with E-state index in [1.807, 2.05) is 6.92 Å². The highest BCUT2D eigenvalue weighted by Gasteiger charge is 2.27. The van der Waals surface area contributed by atoms with E-state index in [0.717, 1.165) is 44.8 Å². The zero-order valence-electron chi connectivity index (χ0n) is 16.6. The number of aliphatic imine (C=N–C) groups is 1. The van der Waals surface area contributed by atoms with Crippen LogP contribution >= 0.6 is 0 Å². The fourth-order valence-electron chi connectivity index (χ4n) is 3.93. The summed E-state index contributed by atoms with van der Waals surface area (Å²) in [5.74, 6) is 0.856. The molecule has 6 heteroatoms. The van der Waals surface area contributed by atoms with Crippen LogP contribution in [-0.2, 0) is 14.3 Å². The van der Waals surface area contributed by atoms with Gasteiger partial charge in [-0.25, -0.2) is 0 Å². The Labute approximate surface area is 158 Å². The van der Waals surface area contributed by atoms with Crippen LogP contribution in [0.2, 0.25) is 0 Å². The molecular weight excluding hydrogens is 330 g/mol. The molecule has 0 aromatic carbocycles. The van der Waals surface area contributed by atoms with E-state index >= 15 is 0 Å². The van der Waals surface area contributed by atoms with Crippen molar-refractivity contribution >= 4 is 11.9 Å². The maximum atomic E-state index is 11.8. The number of esters is 1. The normalized spacial score (nSPS) is 25.4. The third-order valence-electron chi connectivity index (χ3n) is 5.46. The lowest BCUT2D eigenvalue weighted by molar-refractivity contribution is -0.149. The average Bonchev–Trinajstić information content (AvgIpc) is 2.93. The Balaban J connectivity index is 1.60. The minimum absolute atomic E-state index is 0.0379. The molecule has 0 unspecified atom stereocenters. The summed E-state index contributed by atoms with van der Waals surface area (Å²) < 4.78 is 11.1. The van der Waals surface area contributed by atoms with Crippen LogP contribution in [0.15, 0.2) is 4.99 Å². The molecule has 2 N–H and O–H groups in total. The molecular formula is C20H37N3O3. The maximum absolute atomic E-state index is 11.8. The summed E-state index contributed by atoms with van der Waals surface area (Å²) in [4.78, 5) is 16.1. The summed E-state index contributed by atoms with van der Waals surface area (Å²) in [6.45, 7) is 3.83. The molecule has 0 amide bonds. The second-order valence-corrected chi connectivity index (χ2v) is 7.43. The van der Waals surface area contributed by atoms with E-state index in [0.29, 0.717) is 18.8 Å². The molecule has 0 aliphatic heterocycles. The Morgan fingerprint density at radius 1 is 1.04 bits per heavy atom. The molecule has 0 heterocycles. The average molecular weight is 368 g/mol. The Morgan fingerprint density at radius 3 is 2.35 bits per heavy atom. The Hall–Kier alpha value is -1.30. The largest absolute Gasteiger partial charge is 0.466 e. The van der Waals surface area contributed by atoms with Crippen LogP contribution < -0.4 is 10.6 Å². The third kappa shape index (κ3) is 7.52. The minimum Gasteiger partial charge on any atom is -0.466 e. The van der Waals surface area contributed by atoms with Crippen molar-refractivity contribution in [1.29, 1.82) is 0 Å². The quantitative estimate of drug-likeness (QED) is 0.238. The van der Waals surface area contributed by atoms with Crippen LogP contribution in [0.1, 0.15) is 71.1 Å². The number of carbonyl (C=O) groups is 1. The van der Waals surface area contributed by atoms with E-state index in [1.165, 1.54) is 38.5 Å². The molecule has 2 fully saturated rings. The number of hydrogen-bond acceptors (Lipinski definition) is 4. The van der Waals surface area contributed by atoms with Gasteiger partial charge in [-0.15, -0.1) is 0 Å². The second kappa shape index (κ2) is 12.2. The summed E-state index contributed by atoms with van der Waals surface area (Å²) in [5.41, 5.74) is 0. The van der Waals surface area contributed by atoms with Gasteiger partial charge in [0.05, 0.1) is 25.2 Å². The van der Waals surface area contributed by atoms with Crippen molar-refractivity contribution in [2.75, 3.05) is 26.8 Å². The number of rotatable bonds is 7. The highest BCUT2D eigenvalue weighted by atomic mass is 16.5. The monoisotopic (exact) mass is 367 g/mol. The number of nitrogens with zero attached hydrogens (tertiary/aromatic N) is 1. The predicted molar refractivity (Wildman–Crippen MR) is 104 cm³/mol. The smallest absolute Gasteiger partial charge is 0.308 e. The molecule has 0 atom stereocenters. The summed E-state index contributed by atoms with van der Waals surface area (Å²) in [6, 6.07) is 0.370. The van der Waals surface area contributed by atoms with Gasteiger partial charge in [0.25, 0.3) is 0 Å². The lowest BCUT2D eigenvalue weighted by Crippen LogP contribution is -2.46. The summed E-state index contributed by atoms with van der Waals surface area (Å²) in [7, 11) is 1.80. The molecule has 26 heavy (non-hydrogen) atoms. The van der Waals surface area contributed by atoms with Gasteiger partial charge in [0.15, 0.2) is 5.96 Å². The van der Waals surface area contributed by atoms with Gasteiger partial charge >= 0.3 is 5.97 Å². The molecule has 0 saturated heterocycles. The minimum atomic E-state index is -0.0379. The van der Waals surface area contributed by atoms with E-state index in [4.69, 9.17) is 9.47 Å². The van der Waals surface area contributed by atoms with Gasteiger partial charge in [-0.3, -0.25) is 9.79 Å². The highest BCUT2D eigenvalue weighted by molar-refractivity contribution is 5.80. The van der Waals surface area contributed by atoms with Gasteiger partial charge in [-0.1, -0.05) is 25.7 Å². The lowest BCUT2D eigenvalue weighted by Gasteiger charge is -2.29. The second-order valence-electron chi connectivity index (χ2n) is 7.43. The van der Waals surface area contributed by atoms with Crippen molar-refractivity contribution in [3.8, 4) is 0 Å². The number of hydrogen-bond donors (Lipinski definition) is 2. The first-order chi connectivity index (χ1) is 12.7. The van der Waals surface area contributed by atoms with E-state index in [-0.39, 0.29) is 11.9 Å². The molecule has 2 saturated carbocycles. The van der Waals surface area contributed by atoms with Gasteiger partial charge in [0.1, 0.15) is 0 Å². The number of nitrogens with one attached hydrogen (secondary N) is 2. The molecule has 0 radical (unpaired) electrons. The standard InChI is InChI=1S/C20H37N3O3/c1-3-25-19(24)16-10-12-17(13-11-16)23-20(21-2)22-14-15-26-18-8-6-4-5-7-9-18/h16-18H,3-15H2,1-2H3,(H2,21,22,23). The van der Waals surface area contributed by atoms with Gasteiger partial charge in [-0.2, -0.15) is 0 Å². The van der Waals surface area contributed by atoms with Crippen LogP contribution in [0.25, 0.3) is 0 Å². The predicted octanol–water partition coefficient (Wildman–Crippen LogP) is 3.01. The first-order valence-electron chi connectivity index (χ1n) is 10.5. The third-order valence-corrected chi connectivity index (χ3v) is 5.46. The van der Waals surface area contributed by atoms with E-state index in [9.17, 15) is 4.79 Å². The molecule has 0 bridgehead atoms. The van der Waals surface area contributed by atoms with Gasteiger partial charge in [-0.05, 0) is 45.4 Å². The molecule has 2 aliphatic rings. The number of carbonyl (C=O) groups excluding carboxylic acids is 1. The molecule has 6 nitrogen and oxygen atoms in total. The molecule has 150 valence electrons. The number of ether oxygens (including phenoxy) is 2. The van der Waals surface area contributed by atoms with Crippen molar-refractivity contribution < 1.29 is 14.3 Å². The molecule has 0 aromatic heterocycles. The fraction of sp³-hybridized carbons (Fsp3) is 0.900. The van der Waals surface area contributed by atoms with E-state index in [1.54, 1.807) is 7.05 Å². The summed E-state index contributed by atoms with van der Waals surface area (Å²) in [6.07, 6.45) is 11.9. The van der Waals surface area contributed by atoms with E-state index < -0.39 is 0 Å². The van der Waals surface area contributed by atoms with Gasteiger partial charge < -0.3 is 20.1 Å². The Bertz CT molecular complexity index is 426. The summed E-state index contributed by atoms with van der Waals surface area (Å²) >= 11 is 0. The Kier molecular flexibility index (Phi) is 9.82. The van der Waals surface area contributed by atoms with Gasteiger partial charge in [0.2, 0.25) is 0 Å². The van der Waals surface area contributed by atoms with Crippen molar-refractivity contribution in [2.24, 2.45) is 10.9 Å². The molecule has 2 aliphatic carbocycles. The number of guanidine groups is 1. The molecule has 0 spiro atoms. The lowest BCUT2D eigenvalue weighted by atomic mass is 9.86. The highest BCUT2D eigenvalue weighted by Crippen LogP contribution is 2.25. The molecule has 0 aromatic rings. The van der Waals surface area contributed by atoms with Crippen molar-refractivity contribution in [2.45, 2.75) is 83.3 Å². The summed E-state index contributed by atoms with van der Waals surface area (Å²) in [5, 5.41) is 6.83. The van der Waals surface area contributed by atoms with Gasteiger partial charge in [0, 0.05) is 19.6 Å². The zero-order valence-corrected chi connectivity index (χ0v) is 16.6. The van der Waals surface area contributed by atoms with Crippen LogP contribution in [0, 0.1) is 5.92 Å².